The first-order valence-electron chi connectivity index (χ1n) is 4.89. The molecule has 3 heterocycles. The molecule has 78 valence electrons. The predicted octanol–water partition coefficient (Wildman–Crippen LogP) is 1.87. The maximum atomic E-state index is 4.30. The van der Waals surface area contributed by atoms with E-state index in [1.165, 1.54) is 0 Å². The summed E-state index contributed by atoms with van der Waals surface area (Å²) < 4.78 is 1.77. The Balaban J connectivity index is 1.94. The van der Waals surface area contributed by atoms with Crippen molar-refractivity contribution in [3.05, 3.63) is 49.1 Å². The summed E-state index contributed by atoms with van der Waals surface area (Å²) in [5.74, 6) is 0.553. The highest BCUT2D eigenvalue weighted by atomic mass is 15.3. The molecule has 3 rings (SSSR count). The molecule has 3 aromatic rings. The molecule has 0 spiro atoms. The van der Waals surface area contributed by atoms with Crippen LogP contribution in [-0.2, 0) is 0 Å². The fourth-order valence-electron chi connectivity index (χ4n) is 1.46. The summed E-state index contributed by atoms with van der Waals surface area (Å²) in [6.07, 6.45) is 7.10. The number of rotatable bonds is 2. The van der Waals surface area contributed by atoms with Crippen molar-refractivity contribution >= 4 is 17.2 Å². The number of pyridine rings is 1. The number of aromatic nitrogens is 4. The third-order valence-electron chi connectivity index (χ3n) is 2.20. The van der Waals surface area contributed by atoms with Gasteiger partial charge in [-0.05, 0) is 24.3 Å². The normalized spacial score (nSPS) is 10.5. The average molecular weight is 211 g/mol. The molecule has 5 nitrogen and oxygen atoms in total. The van der Waals surface area contributed by atoms with Gasteiger partial charge in [0.05, 0.1) is 23.6 Å². The quantitative estimate of drug-likeness (QED) is 0.703. The van der Waals surface area contributed by atoms with Gasteiger partial charge in [0.1, 0.15) is 0 Å². The summed E-state index contributed by atoms with van der Waals surface area (Å²) in [7, 11) is 0. The molecule has 1 N–H and O–H groups in total. The van der Waals surface area contributed by atoms with Crippen molar-refractivity contribution in [3.8, 4) is 0 Å². The molecule has 5 heteroatoms. The molecule has 0 aliphatic carbocycles. The number of hydrogen-bond acceptors (Lipinski definition) is 4. The SMILES string of the molecule is c1cncc(Nc2ncc3cccn3n2)c1. The van der Waals surface area contributed by atoms with Crippen LogP contribution in [0.2, 0.25) is 0 Å². The monoisotopic (exact) mass is 211 g/mol. The van der Waals surface area contributed by atoms with Crippen LogP contribution >= 0.6 is 0 Å². The molecule has 0 saturated carbocycles. The highest BCUT2D eigenvalue weighted by Crippen LogP contribution is 2.10. The van der Waals surface area contributed by atoms with Crippen LogP contribution in [0.4, 0.5) is 11.6 Å². The van der Waals surface area contributed by atoms with Crippen LogP contribution < -0.4 is 5.32 Å². The van der Waals surface area contributed by atoms with Crippen molar-refractivity contribution in [2.45, 2.75) is 0 Å². The molecular formula is C11H9N5. The zero-order valence-electron chi connectivity index (χ0n) is 8.41. The molecule has 16 heavy (non-hydrogen) atoms. The summed E-state index contributed by atoms with van der Waals surface area (Å²) in [5, 5.41) is 7.38. The van der Waals surface area contributed by atoms with Crippen molar-refractivity contribution in [2.75, 3.05) is 5.32 Å². The van der Waals surface area contributed by atoms with Gasteiger partial charge in [-0.25, -0.2) is 9.50 Å². The smallest absolute Gasteiger partial charge is 0.245 e. The summed E-state index contributed by atoms with van der Waals surface area (Å²) in [5.41, 5.74) is 1.84. The molecule has 0 aromatic carbocycles. The van der Waals surface area contributed by atoms with Crippen molar-refractivity contribution < 1.29 is 0 Å². The van der Waals surface area contributed by atoms with Crippen LogP contribution in [0.25, 0.3) is 5.52 Å². The van der Waals surface area contributed by atoms with E-state index in [2.05, 4.69) is 20.4 Å². The van der Waals surface area contributed by atoms with E-state index >= 15 is 0 Å². The van der Waals surface area contributed by atoms with Gasteiger partial charge in [0.2, 0.25) is 5.95 Å². The van der Waals surface area contributed by atoms with Gasteiger partial charge in [0.15, 0.2) is 0 Å². The molecule has 0 bridgehead atoms. The zero-order chi connectivity index (χ0) is 10.8. The van der Waals surface area contributed by atoms with E-state index in [9.17, 15) is 0 Å². The lowest BCUT2D eigenvalue weighted by atomic mass is 10.4. The fourth-order valence-corrected chi connectivity index (χ4v) is 1.46. The van der Waals surface area contributed by atoms with Gasteiger partial charge in [-0.3, -0.25) is 4.98 Å². The van der Waals surface area contributed by atoms with Gasteiger partial charge in [-0.2, -0.15) is 0 Å². The van der Waals surface area contributed by atoms with E-state index in [0.717, 1.165) is 11.2 Å². The first kappa shape index (κ1) is 8.84. The number of nitrogens with one attached hydrogen (secondary N) is 1. The molecular weight excluding hydrogens is 202 g/mol. The van der Waals surface area contributed by atoms with Crippen LogP contribution in [0.1, 0.15) is 0 Å². The third-order valence-corrected chi connectivity index (χ3v) is 2.20. The van der Waals surface area contributed by atoms with Crippen molar-refractivity contribution in [1.29, 1.82) is 0 Å². The molecule has 0 atom stereocenters. The van der Waals surface area contributed by atoms with Crippen molar-refractivity contribution in [3.63, 3.8) is 0 Å². The van der Waals surface area contributed by atoms with Crippen LogP contribution in [0, 0.1) is 0 Å². The van der Waals surface area contributed by atoms with Crippen molar-refractivity contribution in [2.24, 2.45) is 0 Å². The maximum Gasteiger partial charge on any atom is 0.245 e. The molecule has 0 aliphatic heterocycles. The molecule has 3 aromatic heterocycles. The summed E-state index contributed by atoms with van der Waals surface area (Å²) in [4.78, 5) is 8.21. The lowest BCUT2D eigenvalue weighted by Gasteiger charge is -2.03. The van der Waals surface area contributed by atoms with Gasteiger partial charge >= 0.3 is 0 Å². The van der Waals surface area contributed by atoms with E-state index in [0.29, 0.717) is 5.95 Å². The third kappa shape index (κ3) is 1.58. The summed E-state index contributed by atoms with van der Waals surface area (Å²) in [6, 6.07) is 7.65. The standard InChI is InChI=1S/C11H9N5/c1-3-9(7-12-5-1)14-11-13-8-10-4-2-6-16(10)15-11/h1-8H,(H,14,15). The lowest BCUT2D eigenvalue weighted by Crippen LogP contribution is -2.00. The minimum Gasteiger partial charge on any atom is -0.322 e. The molecule has 0 aliphatic rings. The molecule has 0 fully saturated rings. The first-order valence-corrected chi connectivity index (χ1v) is 4.89. The second-order valence-corrected chi connectivity index (χ2v) is 3.33. The van der Waals surface area contributed by atoms with Crippen LogP contribution in [0.5, 0.6) is 0 Å². The van der Waals surface area contributed by atoms with E-state index in [1.54, 1.807) is 23.1 Å². The Morgan fingerprint density at radius 1 is 1.12 bits per heavy atom. The Kier molecular flexibility index (Phi) is 2.00. The van der Waals surface area contributed by atoms with Gasteiger partial charge in [0, 0.05) is 12.4 Å². The van der Waals surface area contributed by atoms with E-state index < -0.39 is 0 Å². The number of fused-ring (bicyclic) bond motifs is 1. The van der Waals surface area contributed by atoms with Gasteiger partial charge in [0.25, 0.3) is 0 Å². The van der Waals surface area contributed by atoms with Crippen LogP contribution in [0.3, 0.4) is 0 Å². The zero-order valence-corrected chi connectivity index (χ0v) is 8.41. The average Bonchev–Trinajstić information content (AvgIpc) is 2.77. The largest absolute Gasteiger partial charge is 0.322 e. The Labute approximate surface area is 91.8 Å². The van der Waals surface area contributed by atoms with Crippen LogP contribution in [-0.4, -0.2) is 19.6 Å². The Morgan fingerprint density at radius 3 is 3.00 bits per heavy atom. The highest BCUT2D eigenvalue weighted by molar-refractivity contribution is 5.52. The summed E-state index contributed by atoms with van der Waals surface area (Å²) in [6.45, 7) is 0. The minimum absolute atomic E-state index is 0.553. The second-order valence-electron chi connectivity index (χ2n) is 3.33. The summed E-state index contributed by atoms with van der Waals surface area (Å²) >= 11 is 0. The molecule has 0 unspecified atom stereocenters. The van der Waals surface area contributed by atoms with Gasteiger partial charge in [-0.15, -0.1) is 5.10 Å². The van der Waals surface area contributed by atoms with Gasteiger partial charge in [-0.1, -0.05) is 0 Å². The first-order chi connectivity index (χ1) is 7.92. The lowest BCUT2D eigenvalue weighted by molar-refractivity contribution is 0.912. The topological polar surface area (TPSA) is 55.1 Å². The second kappa shape index (κ2) is 3.62. The van der Waals surface area contributed by atoms with E-state index in [1.807, 2.05) is 30.5 Å². The molecule has 0 saturated heterocycles. The molecule has 0 amide bonds. The fraction of sp³-hybridized carbons (Fsp3) is 0. The highest BCUT2D eigenvalue weighted by Gasteiger charge is 1.99. The maximum absolute atomic E-state index is 4.30. The predicted molar refractivity (Wildman–Crippen MR) is 60.5 cm³/mol. The van der Waals surface area contributed by atoms with Crippen molar-refractivity contribution in [1.82, 2.24) is 19.6 Å². The van der Waals surface area contributed by atoms with E-state index in [-0.39, 0.29) is 0 Å². The number of hydrogen-bond donors (Lipinski definition) is 1. The number of nitrogens with zero attached hydrogens (tertiary/aromatic N) is 4. The van der Waals surface area contributed by atoms with Crippen LogP contribution in [0.15, 0.2) is 49.1 Å². The number of anilines is 2. The Morgan fingerprint density at radius 2 is 2.12 bits per heavy atom. The minimum atomic E-state index is 0.553. The Bertz CT molecular complexity index is 602. The molecule has 0 radical (unpaired) electrons. The van der Waals surface area contributed by atoms with E-state index in [4.69, 9.17) is 0 Å². The van der Waals surface area contributed by atoms with Gasteiger partial charge < -0.3 is 5.32 Å². The Hall–Kier alpha value is -2.43.